The van der Waals surface area contributed by atoms with Gasteiger partial charge in [-0.2, -0.15) is 0 Å². The maximum absolute atomic E-state index is 6.11. The molecule has 3 rings (SSSR count). The molecule has 0 spiro atoms. The number of aryl methyl sites for hydroxylation is 1. The van der Waals surface area contributed by atoms with Gasteiger partial charge in [0, 0.05) is 0 Å². The number of nitrogens with two attached hydrogens (primary N) is 1. The SMILES string of the molecule is Cc1nc(C2(c3ccccc3)CCCCC2)nc(N)c1I. The van der Waals surface area contributed by atoms with Crippen molar-refractivity contribution in [2.24, 2.45) is 0 Å². The van der Waals surface area contributed by atoms with Gasteiger partial charge in [-0.3, -0.25) is 0 Å². The standard InChI is InChI=1S/C17H20IN3/c1-12-14(18)15(19)21-16(20-12)17(10-6-3-7-11-17)13-8-4-2-5-9-13/h2,4-5,8-9H,3,6-7,10-11H2,1H3,(H2,19,20,21). The molecule has 4 heteroatoms. The van der Waals surface area contributed by atoms with E-state index in [1.54, 1.807) is 0 Å². The summed E-state index contributed by atoms with van der Waals surface area (Å²) in [6, 6.07) is 10.7. The van der Waals surface area contributed by atoms with E-state index in [1.807, 2.05) is 6.92 Å². The second-order valence-corrected chi connectivity index (χ2v) is 6.92. The summed E-state index contributed by atoms with van der Waals surface area (Å²) in [5, 5.41) is 0. The summed E-state index contributed by atoms with van der Waals surface area (Å²) in [4.78, 5) is 9.47. The number of hydrogen-bond acceptors (Lipinski definition) is 3. The molecule has 0 unspecified atom stereocenters. The monoisotopic (exact) mass is 393 g/mol. The van der Waals surface area contributed by atoms with Crippen molar-refractivity contribution < 1.29 is 0 Å². The Morgan fingerprint density at radius 3 is 2.33 bits per heavy atom. The molecule has 1 aliphatic carbocycles. The van der Waals surface area contributed by atoms with E-state index < -0.39 is 0 Å². The first-order valence-electron chi connectivity index (χ1n) is 7.49. The second-order valence-electron chi connectivity index (χ2n) is 5.84. The first kappa shape index (κ1) is 14.8. The third kappa shape index (κ3) is 2.65. The molecule has 21 heavy (non-hydrogen) atoms. The van der Waals surface area contributed by atoms with Crippen LogP contribution in [0.2, 0.25) is 0 Å². The molecule has 1 aliphatic rings. The Labute approximate surface area is 139 Å². The van der Waals surface area contributed by atoms with E-state index in [-0.39, 0.29) is 5.41 Å². The molecule has 0 aliphatic heterocycles. The van der Waals surface area contributed by atoms with Gasteiger partial charge >= 0.3 is 0 Å². The van der Waals surface area contributed by atoms with Gasteiger partial charge < -0.3 is 5.73 Å². The Hall–Kier alpha value is -1.17. The van der Waals surface area contributed by atoms with Crippen LogP contribution in [0.15, 0.2) is 30.3 Å². The van der Waals surface area contributed by atoms with Crippen LogP contribution in [0.3, 0.4) is 0 Å². The largest absolute Gasteiger partial charge is 0.383 e. The van der Waals surface area contributed by atoms with Gasteiger partial charge in [0.15, 0.2) is 0 Å². The van der Waals surface area contributed by atoms with Crippen LogP contribution in [0.5, 0.6) is 0 Å². The predicted octanol–water partition coefficient (Wildman–Crippen LogP) is 4.22. The molecular formula is C17H20IN3. The highest BCUT2D eigenvalue weighted by atomic mass is 127. The van der Waals surface area contributed by atoms with Crippen LogP contribution in [0.4, 0.5) is 5.82 Å². The van der Waals surface area contributed by atoms with Gasteiger partial charge in [-0.15, -0.1) is 0 Å². The van der Waals surface area contributed by atoms with Gasteiger partial charge in [0.05, 0.1) is 14.7 Å². The van der Waals surface area contributed by atoms with Gasteiger partial charge in [-0.1, -0.05) is 49.6 Å². The average molecular weight is 393 g/mol. The topological polar surface area (TPSA) is 51.8 Å². The molecule has 1 heterocycles. The fourth-order valence-corrected chi connectivity index (χ4v) is 3.59. The van der Waals surface area contributed by atoms with Crippen molar-refractivity contribution in [2.75, 3.05) is 5.73 Å². The Morgan fingerprint density at radius 2 is 1.71 bits per heavy atom. The van der Waals surface area contributed by atoms with E-state index in [9.17, 15) is 0 Å². The van der Waals surface area contributed by atoms with Crippen molar-refractivity contribution in [2.45, 2.75) is 44.4 Å². The highest BCUT2D eigenvalue weighted by Gasteiger charge is 2.38. The number of anilines is 1. The minimum absolute atomic E-state index is 0.0667. The highest BCUT2D eigenvalue weighted by Crippen LogP contribution is 2.43. The van der Waals surface area contributed by atoms with Gasteiger partial charge in [-0.05, 0) is 47.9 Å². The summed E-state index contributed by atoms with van der Waals surface area (Å²) >= 11 is 2.23. The molecule has 3 nitrogen and oxygen atoms in total. The number of halogens is 1. The summed E-state index contributed by atoms with van der Waals surface area (Å²) in [5.41, 5.74) is 8.35. The number of nitrogens with zero attached hydrogens (tertiary/aromatic N) is 2. The average Bonchev–Trinajstić information content (AvgIpc) is 2.53. The molecular weight excluding hydrogens is 373 g/mol. The summed E-state index contributed by atoms with van der Waals surface area (Å²) in [7, 11) is 0. The molecule has 2 N–H and O–H groups in total. The van der Waals surface area contributed by atoms with Crippen LogP contribution in [-0.4, -0.2) is 9.97 Å². The molecule has 0 radical (unpaired) electrons. The summed E-state index contributed by atoms with van der Waals surface area (Å²) < 4.78 is 0.968. The molecule has 110 valence electrons. The van der Waals surface area contributed by atoms with Crippen molar-refractivity contribution in [3.63, 3.8) is 0 Å². The molecule has 1 saturated carbocycles. The van der Waals surface area contributed by atoms with E-state index >= 15 is 0 Å². The maximum Gasteiger partial charge on any atom is 0.141 e. The quantitative estimate of drug-likeness (QED) is 0.778. The fourth-order valence-electron chi connectivity index (χ4n) is 3.35. The lowest BCUT2D eigenvalue weighted by atomic mass is 9.68. The number of benzene rings is 1. The Kier molecular flexibility index (Phi) is 4.15. The van der Waals surface area contributed by atoms with Crippen molar-refractivity contribution in [1.29, 1.82) is 0 Å². The molecule has 1 fully saturated rings. The molecule has 0 atom stereocenters. The van der Waals surface area contributed by atoms with Gasteiger partial charge in [0.25, 0.3) is 0 Å². The third-order valence-electron chi connectivity index (χ3n) is 4.50. The number of aromatic nitrogens is 2. The minimum Gasteiger partial charge on any atom is -0.383 e. The minimum atomic E-state index is -0.0667. The van der Waals surface area contributed by atoms with Crippen LogP contribution < -0.4 is 5.73 Å². The lowest BCUT2D eigenvalue weighted by Crippen LogP contribution is -2.33. The molecule has 0 amide bonds. The Bertz CT molecular complexity index is 611. The van der Waals surface area contributed by atoms with Crippen molar-refractivity contribution in [3.8, 4) is 0 Å². The smallest absolute Gasteiger partial charge is 0.141 e. The maximum atomic E-state index is 6.11. The second kappa shape index (κ2) is 5.91. The van der Waals surface area contributed by atoms with Crippen LogP contribution in [-0.2, 0) is 5.41 Å². The number of rotatable bonds is 2. The summed E-state index contributed by atoms with van der Waals surface area (Å²) in [6.07, 6.45) is 5.97. The van der Waals surface area contributed by atoms with Crippen molar-refractivity contribution in [3.05, 3.63) is 51.0 Å². The van der Waals surface area contributed by atoms with E-state index in [0.29, 0.717) is 5.82 Å². The summed E-state index contributed by atoms with van der Waals surface area (Å²) in [5.74, 6) is 1.52. The predicted molar refractivity (Wildman–Crippen MR) is 94.2 cm³/mol. The lowest BCUT2D eigenvalue weighted by molar-refractivity contribution is 0.330. The van der Waals surface area contributed by atoms with Crippen molar-refractivity contribution in [1.82, 2.24) is 9.97 Å². The van der Waals surface area contributed by atoms with Gasteiger partial charge in [0.2, 0.25) is 0 Å². The fraction of sp³-hybridized carbons (Fsp3) is 0.412. The zero-order chi connectivity index (χ0) is 14.9. The molecule has 0 saturated heterocycles. The van der Waals surface area contributed by atoms with E-state index in [4.69, 9.17) is 10.7 Å². The first-order chi connectivity index (χ1) is 10.1. The van der Waals surface area contributed by atoms with Crippen LogP contribution in [0.1, 0.15) is 49.2 Å². The van der Waals surface area contributed by atoms with Gasteiger partial charge in [-0.25, -0.2) is 9.97 Å². The third-order valence-corrected chi connectivity index (χ3v) is 5.84. The Morgan fingerprint density at radius 1 is 1.05 bits per heavy atom. The van der Waals surface area contributed by atoms with Crippen molar-refractivity contribution >= 4 is 28.4 Å². The van der Waals surface area contributed by atoms with Crippen LogP contribution >= 0.6 is 22.6 Å². The van der Waals surface area contributed by atoms with Crippen LogP contribution in [0.25, 0.3) is 0 Å². The zero-order valence-electron chi connectivity index (χ0n) is 12.3. The summed E-state index contributed by atoms with van der Waals surface area (Å²) in [6.45, 7) is 2.02. The number of nitrogen functional groups attached to an aromatic ring is 1. The lowest BCUT2D eigenvalue weighted by Gasteiger charge is -2.36. The first-order valence-corrected chi connectivity index (χ1v) is 8.57. The highest BCUT2D eigenvalue weighted by molar-refractivity contribution is 14.1. The molecule has 0 bridgehead atoms. The molecule has 1 aromatic heterocycles. The van der Waals surface area contributed by atoms with Gasteiger partial charge in [0.1, 0.15) is 11.6 Å². The van der Waals surface area contributed by atoms with Crippen LogP contribution in [0, 0.1) is 10.5 Å². The normalized spacial score (nSPS) is 17.6. The molecule has 2 aromatic rings. The van der Waals surface area contributed by atoms with E-state index in [0.717, 1.165) is 27.9 Å². The van der Waals surface area contributed by atoms with E-state index in [1.165, 1.54) is 24.8 Å². The van der Waals surface area contributed by atoms with E-state index in [2.05, 4.69) is 57.9 Å². The number of hydrogen-bond donors (Lipinski definition) is 1. The molecule has 1 aromatic carbocycles. The Balaban J connectivity index is 2.17. The zero-order valence-corrected chi connectivity index (χ0v) is 14.4.